The van der Waals surface area contributed by atoms with E-state index in [0.29, 0.717) is 12.3 Å². The molecule has 2 heterocycles. The van der Waals surface area contributed by atoms with Gasteiger partial charge in [0, 0.05) is 47.9 Å². The summed E-state index contributed by atoms with van der Waals surface area (Å²) >= 11 is 0. The molecule has 3 aromatic rings. The Balaban J connectivity index is 1.46. The minimum absolute atomic E-state index is 0.0919. The van der Waals surface area contributed by atoms with E-state index >= 15 is 0 Å². The number of hydrogen-bond acceptors (Lipinski definition) is 7. The highest BCUT2D eigenvalue weighted by Gasteiger charge is 2.26. The van der Waals surface area contributed by atoms with Crippen LogP contribution in [0.25, 0.3) is 10.9 Å². The average molecular weight is 460 g/mol. The highest BCUT2D eigenvalue weighted by Crippen LogP contribution is 2.38. The van der Waals surface area contributed by atoms with Crippen molar-refractivity contribution in [3.63, 3.8) is 0 Å². The van der Waals surface area contributed by atoms with E-state index in [1.165, 1.54) is 17.2 Å². The monoisotopic (exact) mass is 459 g/mol. The Morgan fingerprint density at radius 2 is 2.03 bits per heavy atom. The number of fused-ring (bicyclic) bond motifs is 2. The third kappa shape index (κ3) is 5.58. The number of hydrogen-bond donors (Lipinski definition) is 2. The fourth-order valence-corrected chi connectivity index (χ4v) is 4.05. The lowest BCUT2D eigenvalue weighted by molar-refractivity contribution is -0.138. The highest BCUT2D eigenvalue weighted by atomic mass is 16.5. The molecule has 1 unspecified atom stereocenters. The molecule has 1 aliphatic heterocycles. The molecule has 2 N–H and O–H groups in total. The van der Waals surface area contributed by atoms with Crippen LogP contribution in [-0.4, -0.2) is 60.5 Å². The smallest absolute Gasteiger partial charge is 0.330 e. The Morgan fingerprint density at radius 3 is 2.85 bits per heavy atom. The number of nitrogens with zero attached hydrogens (tertiary/aromatic N) is 3. The molecule has 1 aromatic heterocycles. The number of rotatable bonds is 8. The van der Waals surface area contributed by atoms with Crippen LogP contribution >= 0.6 is 0 Å². The summed E-state index contributed by atoms with van der Waals surface area (Å²) in [5, 5.41) is 7.15. The number of anilines is 2. The number of carbonyl (C=O) groups excluding carboxylic acids is 2. The zero-order chi connectivity index (χ0) is 24.1. The van der Waals surface area contributed by atoms with Crippen LogP contribution in [-0.2, 0) is 14.3 Å². The quantitative estimate of drug-likeness (QED) is 0.302. The van der Waals surface area contributed by atoms with Crippen LogP contribution in [0.15, 0.2) is 54.9 Å². The van der Waals surface area contributed by atoms with Crippen molar-refractivity contribution in [1.29, 1.82) is 0 Å². The first-order chi connectivity index (χ1) is 16.4. The van der Waals surface area contributed by atoms with Gasteiger partial charge in [-0.05, 0) is 62.8 Å². The van der Waals surface area contributed by atoms with Gasteiger partial charge in [-0.1, -0.05) is 12.1 Å². The van der Waals surface area contributed by atoms with Crippen molar-refractivity contribution in [2.24, 2.45) is 0 Å². The van der Waals surface area contributed by atoms with Gasteiger partial charge in [0.25, 0.3) is 0 Å². The van der Waals surface area contributed by atoms with Crippen molar-refractivity contribution >= 4 is 34.2 Å². The molecule has 0 saturated heterocycles. The summed E-state index contributed by atoms with van der Waals surface area (Å²) in [6.07, 6.45) is 4.64. The molecule has 4 rings (SSSR count). The van der Waals surface area contributed by atoms with Gasteiger partial charge in [-0.25, -0.2) is 14.8 Å². The number of nitrogens with one attached hydrogen (secondary N) is 2. The largest absolute Gasteiger partial charge is 0.462 e. The number of carbonyl (C=O) groups is 2. The summed E-state index contributed by atoms with van der Waals surface area (Å²) < 4.78 is 5.10. The zero-order valence-electron chi connectivity index (χ0n) is 19.7. The summed E-state index contributed by atoms with van der Waals surface area (Å²) in [7, 11) is 3.91. The van der Waals surface area contributed by atoms with E-state index in [0.717, 1.165) is 47.9 Å². The second-order valence-corrected chi connectivity index (χ2v) is 8.66. The summed E-state index contributed by atoms with van der Waals surface area (Å²) in [5.74, 6) is -0.855. The summed E-state index contributed by atoms with van der Waals surface area (Å²) in [6, 6.07) is 11.9. The van der Waals surface area contributed by atoms with Crippen LogP contribution in [0.2, 0.25) is 0 Å². The molecule has 176 valence electrons. The van der Waals surface area contributed by atoms with Gasteiger partial charge in [0.2, 0.25) is 5.91 Å². The number of benzene rings is 2. The highest BCUT2D eigenvalue weighted by molar-refractivity contribution is 6.03. The topological polar surface area (TPSA) is 96.4 Å². The molecule has 0 bridgehead atoms. The molecule has 8 heteroatoms. The van der Waals surface area contributed by atoms with E-state index in [2.05, 4.69) is 45.7 Å². The minimum atomic E-state index is -0.536. The van der Waals surface area contributed by atoms with Crippen molar-refractivity contribution in [3.8, 4) is 0 Å². The number of aryl methyl sites for hydroxylation is 1. The molecule has 0 fully saturated rings. The normalized spacial score (nSPS) is 14.9. The van der Waals surface area contributed by atoms with Gasteiger partial charge in [0.15, 0.2) is 0 Å². The van der Waals surface area contributed by atoms with Crippen molar-refractivity contribution < 1.29 is 14.3 Å². The molecule has 0 spiro atoms. The maximum absolute atomic E-state index is 12.4. The van der Waals surface area contributed by atoms with Crippen LogP contribution in [0.5, 0.6) is 0 Å². The van der Waals surface area contributed by atoms with E-state index in [4.69, 9.17) is 4.74 Å². The molecular weight excluding hydrogens is 430 g/mol. The first-order valence-electron chi connectivity index (χ1n) is 11.3. The van der Waals surface area contributed by atoms with Crippen LogP contribution in [0, 0.1) is 6.92 Å². The first kappa shape index (κ1) is 23.4. The van der Waals surface area contributed by atoms with Gasteiger partial charge in [0.05, 0.1) is 17.8 Å². The molecule has 1 amide bonds. The van der Waals surface area contributed by atoms with Crippen molar-refractivity contribution in [1.82, 2.24) is 14.9 Å². The number of ether oxygens (including phenoxy) is 1. The number of aromatic nitrogens is 2. The predicted octanol–water partition coefficient (Wildman–Crippen LogP) is 3.49. The van der Waals surface area contributed by atoms with Gasteiger partial charge in [0.1, 0.15) is 6.33 Å². The lowest BCUT2D eigenvalue weighted by Gasteiger charge is -2.13. The molecule has 0 radical (unpaired) electrons. The van der Waals surface area contributed by atoms with E-state index in [9.17, 15) is 9.59 Å². The Bertz CT molecular complexity index is 1240. The maximum atomic E-state index is 12.4. The van der Waals surface area contributed by atoms with E-state index in [1.54, 1.807) is 12.4 Å². The Kier molecular flexibility index (Phi) is 7.18. The predicted molar refractivity (Wildman–Crippen MR) is 133 cm³/mol. The van der Waals surface area contributed by atoms with Crippen molar-refractivity contribution in [3.05, 3.63) is 71.7 Å². The van der Waals surface area contributed by atoms with Gasteiger partial charge >= 0.3 is 5.97 Å². The molecule has 2 aromatic carbocycles. The van der Waals surface area contributed by atoms with Gasteiger partial charge < -0.3 is 20.3 Å². The molecule has 8 nitrogen and oxygen atoms in total. The fraction of sp³-hybridized carbons (Fsp3) is 0.308. The molecule has 34 heavy (non-hydrogen) atoms. The Labute approximate surface area is 199 Å². The molecule has 1 atom stereocenters. The Morgan fingerprint density at radius 1 is 1.18 bits per heavy atom. The lowest BCUT2D eigenvalue weighted by Crippen LogP contribution is -2.16. The van der Waals surface area contributed by atoms with Crippen molar-refractivity contribution in [2.45, 2.75) is 19.3 Å². The molecule has 0 saturated carbocycles. The second kappa shape index (κ2) is 10.4. The zero-order valence-corrected chi connectivity index (χ0v) is 19.7. The molecule has 1 aliphatic rings. The second-order valence-electron chi connectivity index (χ2n) is 8.66. The minimum Gasteiger partial charge on any atom is -0.462 e. The number of esters is 1. The maximum Gasteiger partial charge on any atom is 0.330 e. The van der Waals surface area contributed by atoms with E-state index in [-0.39, 0.29) is 5.92 Å². The van der Waals surface area contributed by atoms with Gasteiger partial charge in [-0.15, -0.1) is 0 Å². The van der Waals surface area contributed by atoms with Crippen LogP contribution in [0.4, 0.5) is 11.4 Å². The van der Waals surface area contributed by atoms with Crippen LogP contribution < -0.4 is 10.6 Å². The van der Waals surface area contributed by atoms with Crippen molar-refractivity contribution in [2.75, 3.05) is 44.4 Å². The van der Waals surface area contributed by atoms with Crippen LogP contribution in [0.1, 0.15) is 29.2 Å². The molecule has 0 aliphatic carbocycles. The average Bonchev–Trinajstić information content (AvgIpc) is 3.22. The third-order valence-corrected chi connectivity index (χ3v) is 5.71. The Hall–Kier alpha value is -3.78. The lowest BCUT2D eigenvalue weighted by atomic mass is 9.94. The molecular formula is C26H29N5O3. The SMILES string of the molecule is Cc1ccc2c(c1)NCC2c1ncnc2ccc(NC(=O)C=CC(=O)OCCCN(C)C)cc12. The van der Waals surface area contributed by atoms with E-state index < -0.39 is 11.9 Å². The standard InChI is InChI=1S/C26H29N5O3/c1-17-5-7-19-21(15-27-23(19)13-17)26-20-14-18(6-8-22(20)28-16-29-26)30-24(32)9-10-25(33)34-12-4-11-31(2)3/h5-10,13-14,16,21,27H,4,11-12,15H2,1-3H3,(H,30,32). The van der Waals surface area contributed by atoms with Gasteiger partial charge in [-0.2, -0.15) is 0 Å². The summed E-state index contributed by atoms with van der Waals surface area (Å²) in [6.45, 7) is 3.97. The number of amides is 1. The van der Waals surface area contributed by atoms with Crippen LogP contribution in [0.3, 0.4) is 0 Å². The first-order valence-corrected chi connectivity index (χ1v) is 11.3. The third-order valence-electron chi connectivity index (χ3n) is 5.71. The van der Waals surface area contributed by atoms with Gasteiger partial charge in [-0.3, -0.25) is 4.79 Å². The van der Waals surface area contributed by atoms with E-state index in [1.807, 2.05) is 31.1 Å². The fourth-order valence-electron chi connectivity index (χ4n) is 4.05. The summed E-state index contributed by atoms with van der Waals surface area (Å²) in [4.78, 5) is 35.2. The summed E-state index contributed by atoms with van der Waals surface area (Å²) in [5.41, 5.74) is 5.85.